The third-order valence-electron chi connectivity index (χ3n) is 3.78. The summed E-state index contributed by atoms with van der Waals surface area (Å²) in [4.78, 5) is 13.4. The molecule has 0 radical (unpaired) electrons. The lowest BCUT2D eigenvalue weighted by atomic mass is 10.2. The van der Waals surface area contributed by atoms with E-state index < -0.39 is 0 Å². The minimum Gasteiger partial charge on any atom is -0.493 e. The summed E-state index contributed by atoms with van der Waals surface area (Å²) in [6.07, 6.45) is 0. The van der Waals surface area contributed by atoms with Gasteiger partial charge in [-0.1, -0.05) is 6.07 Å². The van der Waals surface area contributed by atoms with Crippen LogP contribution in [0.25, 0.3) is 0 Å². The Kier molecular flexibility index (Phi) is 7.43. The van der Waals surface area contributed by atoms with Crippen molar-refractivity contribution >= 4 is 28.9 Å². The highest BCUT2D eigenvalue weighted by Crippen LogP contribution is 2.28. The fraction of sp³-hybridized carbons (Fsp3) is 0.300. The van der Waals surface area contributed by atoms with Gasteiger partial charge in [0.1, 0.15) is 0 Å². The normalized spacial score (nSPS) is 10.1. The molecule has 7 heteroatoms. The van der Waals surface area contributed by atoms with E-state index in [1.807, 2.05) is 37.3 Å². The number of ether oxygens (including phenoxy) is 2. The number of thiocarbonyl (C=S) groups is 1. The lowest BCUT2D eigenvalue weighted by molar-refractivity contribution is 0.0827. The molecule has 0 saturated carbocycles. The van der Waals surface area contributed by atoms with E-state index in [2.05, 4.69) is 10.6 Å². The fourth-order valence-corrected chi connectivity index (χ4v) is 2.60. The second kappa shape index (κ2) is 9.78. The van der Waals surface area contributed by atoms with Gasteiger partial charge in [0.25, 0.3) is 5.91 Å². The van der Waals surface area contributed by atoms with Crippen molar-refractivity contribution in [1.29, 1.82) is 0 Å². The van der Waals surface area contributed by atoms with Crippen LogP contribution in [0.3, 0.4) is 0 Å². The third kappa shape index (κ3) is 5.86. The number of carbonyl (C=O) groups excluding carboxylic acids is 1. The molecule has 0 atom stereocenters. The van der Waals surface area contributed by atoms with Crippen LogP contribution in [0.4, 0.5) is 5.69 Å². The lowest BCUT2D eigenvalue weighted by Gasteiger charge is -2.14. The van der Waals surface area contributed by atoms with Gasteiger partial charge in [-0.15, -0.1) is 0 Å². The molecule has 1 amide bonds. The molecule has 6 nitrogen and oxygen atoms in total. The Bertz CT molecular complexity index is 792. The molecule has 0 spiro atoms. The summed E-state index contributed by atoms with van der Waals surface area (Å²) < 4.78 is 10.9. The van der Waals surface area contributed by atoms with Crippen molar-refractivity contribution in [3.8, 4) is 11.5 Å². The van der Waals surface area contributed by atoms with Gasteiger partial charge in [-0.25, -0.2) is 0 Å². The largest absolute Gasteiger partial charge is 0.493 e. The predicted molar refractivity (Wildman–Crippen MR) is 112 cm³/mol. The average molecular weight is 388 g/mol. The first kappa shape index (κ1) is 20.5. The van der Waals surface area contributed by atoms with Crippen LogP contribution in [0.15, 0.2) is 42.5 Å². The highest BCUT2D eigenvalue weighted by molar-refractivity contribution is 7.80. The zero-order valence-corrected chi connectivity index (χ0v) is 16.9. The van der Waals surface area contributed by atoms with Crippen LogP contribution < -0.4 is 20.1 Å². The SMILES string of the molecule is CCOc1cc(CNC(=S)Nc2ccc(C(=O)N(C)C)cc2)ccc1OC. The molecule has 0 unspecified atom stereocenters. The van der Waals surface area contributed by atoms with Gasteiger partial charge < -0.3 is 25.0 Å². The van der Waals surface area contributed by atoms with Gasteiger partial charge in [0.05, 0.1) is 13.7 Å². The van der Waals surface area contributed by atoms with Crippen molar-refractivity contribution in [2.45, 2.75) is 13.5 Å². The van der Waals surface area contributed by atoms with Crippen LogP contribution in [0, 0.1) is 0 Å². The topological polar surface area (TPSA) is 62.8 Å². The monoisotopic (exact) mass is 387 g/mol. The van der Waals surface area contributed by atoms with Gasteiger partial charge >= 0.3 is 0 Å². The fourth-order valence-electron chi connectivity index (χ4n) is 2.41. The number of nitrogens with one attached hydrogen (secondary N) is 2. The van der Waals surface area contributed by atoms with Crippen LogP contribution in [-0.4, -0.2) is 43.7 Å². The maximum atomic E-state index is 11.9. The van der Waals surface area contributed by atoms with Crippen LogP contribution in [0.1, 0.15) is 22.8 Å². The highest BCUT2D eigenvalue weighted by Gasteiger charge is 2.08. The number of hydrogen-bond acceptors (Lipinski definition) is 4. The average Bonchev–Trinajstić information content (AvgIpc) is 2.67. The molecule has 2 rings (SSSR count). The van der Waals surface area contributed by atoms with Crippen molar-refractivity contribution in [2.75, 3.05) is 33.1 Å². The number of anilines is 1. The van der Waals surface area contributed by atoms with Crippen molar-refractivity contribution in [3.05, 3.63) is 53.6 Å². The molecule has 27 heavy (non-hydrogen) atoms. The number of hydrogen-bond donors (Lipinski definition) is 2. The molecular formula is C20H25N3O3S. The molecule has 0 aliphatic rings. The molecule has 0 heterocycles. The summed E-state index contributed by atoms with van der Waals surface area (Å²) in [6.45, 7) is 3.05. The minimum absolute atomic E-state index is 0.0353. The Morgan fingerprint density at radius 3 is 2.41 bits per heavy atom. The van der Waals surface area contributed by atoms with Gasteiger partial charge in [-0.3, -0.25) is 4.79 Å². The first-order chi connectivity index (χ1) is 12.9. The first-order valence-electron chi connectivity index (χ1n) is 8.61. The number of methoxy groups -OCH3 is 1. The third-order valence-corrected chi connectivity index (χ3v) is 4.02. The molecule has 144 valence electrons. The molecule has 0 aromatic heterocycles. The maximum Gasteiger partial charge on any atom is 0.253 e. The van der Waals surface area contributed by atoms with Gasteiger partial charge in [-0.05, 0) is 61.1 Å². The van der Waals surface area contributed by atoms with Crippen LogP contribution in [0.2, 0.25) is 0 Å². The number of benzene rings is 2. The van der Waals surface area contributed by atoms with Crippen LogP contribution in [-0.2, 0) is 6.54 Å². The van der Waals surface area contributed by atoms with Gasteiger partial charge in [0, 0.05) is 31.9 Å². The smallest absolute Gasteiger partial charge is 0.253 e. The molecule has 2 aromatic rings. The number of carbonyl (C=O) groups is 1. The molecular weight excluding hydrogens is 362 g/mol. The van der Waals surface area contributed by atoms with E-state index in [-0.39, 0.29) is 5.91 Å². The first-order valence-corrected chi connectivity index (χ1v) is 9.01. The summed E-state index contributed by atoms with van der Waals surface area (Å²) in [5.41, 5.74) is 2.47. The number of amides is 1. The van der Waals surface area contributed by atoms with Crippen molar-refractivity contribution in [2.24, 2.45) is 0 Å². The van der Waals surface area contributed by atoms with Gasteiger partial charge in [-0.2, -0.15) is 0 Å². The predicted octanol–water partition coefficient (Wildman–Crippen LogP) is 3.28. The molecule has 0 saturated heterocycles. The zero-order chi connectivity index (χ0) is 19.8. The molecule has 0 bridgehead atoms. The summed E-state index contributed by atoms with van der Waals surface area (Å²) in [7, 11) is 5.07. The lowest BCUT2D eigenvalue weighted by Crippen LogP contribution is -2.28. The van der Waals surface area contributed by atoms with E-state index in [4.69, 9.17) is 21.7 Å². The molecule has 0 aliphatic heterocycles. The summed E-state index contributed by atoms with van der Waals surface area (Å²) in [6, 6.07) is 12.9. The zero-order valence-electron chi connectivity index (χ0n) is 16.0. The van der Waals surface area contributed by atoms with Crippen molar-refractivity contribution in [1.82, 2.24) is 10.2 Å². The van der Waals surface area contributed by atoms with E-state index in [1.165, 1.54) is 0 Å². The van der Waals surface area contributed by atoms with E-state index in [0.717, 1.165) is 11.3 Å². The number of rotatable bonds is 7. The molecule has 2 aromatic carbocycles. The van der Waals surface area contributed by atoms with E-state index in [0.29, 0.717) is 35.3 Å². The summed E-state index contributed by atoms with van der Waals surface area (Å²) >= 11 is 5.34. The Morgan fingerprint density at radius 1 is 1.11 bits per heavy atom. The highest BCUT2D eigenvalue weighted by atomic mass is 32.1. The van der Waals surface area contributed by atoms with Gasteiger partial charge in [0.15, 0.2) is 16.6 Å². The quantitative estimate of drug-likeness (QED) is 0.711. The van der Waals surface area contributed by atoms with E-state index in [9.17, 15) is 4.79 Å². The Morgan fingerprint density at radius 2 is 1.81 bits per heavy atom. The minimum atomic E-state index is -0.0353. The Hall–Kier alpha value is -2.80. The van der Waals surface area contributed by atoms with Crippen molar-refractivity contribution < 1.29 is 14.3 Å². The molecule has 0 aliphatic carbocycles. The molecule has 0 fully saturated rings. The standard InChI is InChI=1S/C20H25N3O3S/c1-5-26-18-12-14(6-11-17(18)25-4)13-21-20(27)22-16-9-7-15(8-10-16)19(24)23(2)3/h6-12H,5,13H2,1-4H3,(H2,21,22,27). The van der Waals surface area contributed by atoms with Crippen LogP contribution >= 0.6 is 12.2 Å². The van der Waals surface area contributed by atoms with Crippen LogP contribution in [0.5, 0.6) is 11.5 Å². The van der Waals surface area contributed by atoms with Crippen molar-refractivity contribution in [3.63, 3.8) is 0 Å². The van der Waals surface area contributed by atoms with Gasteiger partial charge in [0.2, 0.25) is 0 Å². The maximum absolute atomic E-state index is 11.9. The second-order valence-corrected chi connectivity index (χ2v) is 6.41. The Labute approximate surface area is 165 Å². The second-order valence-electron chi connectivity index (χ2n) is 6.00. The number of nitrogens with zero attached hydrogens (tertiary/aromatic N) is 1. The molecule has 2 N–H and O–H groups in total. The Balaban J connectivity index is 1.92. The van der Waals surface area contributed by atoms with E-state index >= 15 is 0 Å². The van der Waals surface area contributed by atoms with E-state index in [1.54, 1.807) is 38.2 Å². The summed E-state index contributed by atoms with van der Waals surface area (Å²) in [5.74, 6) is 1.37. The summed E-state index contributed by atoms with van der Waals surface area (Å²) in [5, 5.41) is 6.76.